The largest absolute Gasteiger partial charge is 0.391 e. The van der Waals surface area contributed by atoms with E-state index in [0.717, 1.165) is 23.0 Å². The van der Waals surface area contributed by atoms with E-state index in [1.807, 2.05) is 6.92 Å². The van der Waals surface area contributed by atoms with Gasteiger partial charge in [-0.3, -0.25) is 0 Å². The summed E-state index contributed by atoms with van der Waals surface area (Å²) in [4.78, 5) is 0. The smallest absolute Gasteiger partial charge is 0.205 e. The van der Waals surface area contributed by atoms with Gasteiger partial charge < -0.3 is 10.4 Å². The Morgan fingerprint density at radius 2 is 2.33 bits per heavy atom. The lowest BCUT2D eigenvalue weighted by atomic mass is 9.89. The fraction of sp³-hybridized carbons (Fsp3) is 0.714. The number of aliphatic hydroxyl groups excluding tert-OH is 1. The molecule has 5 heteroatoms. The maximum Gasteiger partial charge on any atom is 0.205 e. The van der Waals surface area contributed by atoms with Gasteiger partial charge in [-0.25, -0.2) is 0 Å². The van der Waals surface area contributed by atoms with Gasteiger partial charge in [-0.15, -0.1) is 10.2 Å². The molecule has 1 aliphatic carbocycles. The molecule has 1 aromatic heterocycles. The molecule has 1 aliphatic rings. The van der Waals surface area contributed by atoms with E-state index in [1.54, 1.807) is 0 Å². The van der Waals surface area contributed by atoms with Gasteiger partial charge in [-0.1, -0.05) is 11.3 Å². The van der Waals surface area contributed by atoms with Gasteiger partial charge in [-0.05, 0) is 19.8 Å². The van der Waals surface area contributed by atoms with Crippen LogP contribution in [0, 0.1) is 6.92 Å². The molecule has 1 fully saturated rings. The Balaban J connectivity index is 1.95. The van der Waals surface area contributed by atoms with Gasteiger partial charge in [0, 0.05) is 0 Å². The van der Waals surface area contributed by atoms with Gasteiger partial charge in [0.15, 0.2) is 0 Å². The molecule has 1 heterocycles. The number of hydrogen-bond acceptors (Lipinski definition) is 5. The highest BCUT2D eigenvalue weighted by Crippen LogP contribution is 2.25. The highest BCUT2D eigenvalue weighted by molar-refractivity contribution is 7.15. The molecular weight excluding hydrogens is 174 g/mol. The van der Waals surface area contributed by atoms with Crippen LogP contribution in [0.3, 0.4) is 0 Å². The first-order valence-corrected chi connectivity index (χ1v) is 4.82. The number of nitrogens with one attached hydrogen (secondary N) is 1. The molecule has 4 nitrogen and oxygen atoms in total. The van der Waals surface area contributed by atoms with Gasteiger partial charge in [-0.2, -0.15) is 0 Å². The monoisotopic (exact) mass is 185 g/mol. The van der Waals surface area contributed by atoms with Gasteiger partial charge in [0.2, 0.25) is 5.13 Å². The third-order valence-electron chi connectivity index (χ3n) is 2.07. The van der Waals surface area contributed by atoms with Crippen molar-refractivity contribution >= 4 is 16.5 Å². The lowest BCUT2D eigenvalue weighted by molar-refractivity contribution is 0.0786. The Morgan fingerprint density at radius 1 is 1.50 bits per heavy atom. The van der Waals surface area contributed by atoms with Crippen LogP contribution < -0.4 is 5.32 Å². The van der Waals surface area contributed by atoms with Crippen LogP contribution in [0.2, 0.25) is 0 Å². The van der Waals surface area contributed by atoms with Crippen molar-refractivity contribution < 1.29 is 5.11 Å². The SMILES string of the molecule is Cc1nnc(N[C@@H]2CC[C@H]2O)s1. The first kappa shape index (κ1) is 7.94. The highest BCUT2D eigenvalue weighted by atomic mass is 32.1. The Hall–Kier alpha value is -0.680. The molecule has 0 bridgehead atoms. The van der Waals surface area contributed by atoms with Gasteiger partial charge in [0.05, 0.1) is 12.1 Å². The summed E-state index contributed by atoms with van der Waals surface area (Å²) in [5.41, 5.74) is 0. The van der Waals surface area contributed by atoms with Crippen molar-refractivity contribution in [2.24, 2.45) is 0 Å². The first-order chi connectivity index (χ1) is 5.75. The number of rotatable bonds is 2. The minimum absolute atomic E-state index is 0.192. The number of aryl methyl sites for hydroxylation is 1. The molecule has 1 aromatic rings. The highest BCUT2D eigenvalue weighted by Gasteiger charge is 2.29. The Bertz CT molecular complexity index is 275. The van der Waals surface area contributed by atoms with Crippen LogP contribution in [0.4, 0.5) is 5.13 Å². The normalized spacial score (nSPS) is 28.2. The average molecular weight is 185 g/mol. The molecule has 0 spiro atoms. The summed E-state index contributed by atoms with van der Waals surface area (Å²) >= 11 is 1.52. The minimum Gasteiger partial charge on any atom is -0.391 e. The fourth-order valence-corrected chi connectivity index (χ4v) is 1.82. The van der Waals surface area contributed by atoms with E-state index in [-0.39, 0.29) is 12.1 Å². The summed E-state index contributed by atoms with van der Waals surface area (Å²) < 4.78 is 0. The molecule has 12 heavy (non-hydrogen) atoms. The second kappa shape index (κ2) is 2.99. The Labute approximate surface area is 74.6 Å². The van der Waals surface area contributed by atoms with Crippen molar-refractivity contribution in [2.75, 3.05) is 5.32 Å². The second-order valence-corrected chi connectivity index (χ2v) is 4.20. The van der Waals surface area contributed by atoms with Crippen molar-refractivity contribution in [3.05, 3.63) is 5.01 Å². The van der Waals surface area contributed by atoms with E-state index < -0.39 is 0 Å². The van der Waals surface area contributed by atoms with Crippen LogP contribution in [0.1, 0.15) is 17.8 Å². The molecule has 0 aliphatic heterocycles. The maximum absolute atomic E-state index is 9.27. The van der Waals surface area contributed by atoms with E-state index in [1.165, 1.54) is 11.3 Å². The van der Waals surface area contributed by atoms with Crippen LogP contribution in [0.5, 0.6) is 0 Å². The van der Waals surface area contributed by atoms with Gasteiger partial charge in [0.1, 0.15) is 5.01 Å². The van der Waals surface area contributed by atoms with E-state index >= 15 is 0 Å². The molecule has 1 saturated carbocycles. The van der Waals surface area contributed by atoms with Gasteiger partial charge >= 0.3 is 0 Å². The van der Waals surface area contributed by atoms with E-state index in [9.17, 15) is 5.11 Å². The molecule has 0 radical (unpaired) electrons. The Kier molecular flexibility index (Phi) is 1.98. The summed E-state index contributed by atoms with van der Waals surface area (Å²) in [5.74, 6) is 0. The fourth-order valence-electron chi connectivity index (χ4n) is 1.16. The third kappa shape index (κ3) is 1.42. The third-order valence-corrected chi connectivity index (χ3v) is 2.84. The van der Waals surface area contributed by atoms with Crippen molar-refractivity contribution in [2.45, 2.75) is 31.9 Å². The molecule has 66 valence electrons. The quantitative estimate of drug-likeness (QED) is 0.715. The summed E-state index contributed by atoms with van der Waals surface area (Å²) in [6.45, 7) is 1.92. The van der Waals surface area contributed by atoms with E-state index in [2.05, 4.69) is 15.5 Å². The lowest BCUT2D eigenvalue weighted by Crippen LogP contribution is -2.42. The number of nitrogens with zero attached hydrogens (tertiary/aromatic N) is 2. The van der Waals surface area contributed by atoms with Crippen molar-refractivity contribution in [3.63, 3.8) is 0 Å². The van der Waals surface area contributed by atoms with Crippen molar-refractivity contribution in [1.82, 2.24) is 10.2 Å². The van der Waals surface area contributed by atoms with Crippen LogP contribution in [-0.2, 0) is 0 Å². The van der Waals surface area contributed by atoms with Gasteiger partial charge in [0.25, 0.3) is 0 Å². The summed E-state index contributed by atoms with van der Waals surface area (Å²) in [6, 6.07) is 0.192. The zero-order valence-corrected chi connectivity index (χ0v) is 7.64. The number of hydrogen-bond donors (Lipinski definition) is 2. The zero-order valence-electron chi connectivity index (χ0n) is 6.82. The second-order valence-electron chi connectivity index (χ2n) is 3.02. The maximum atomic E-state index is 9.27. The van der Waals surface area contributed by atoms with Crippen molar-refractivity contribution in [1.29, 1.82) is 0 Å². The predicted molar refractivity (Wildman–Crippen MR) is 47.3 cm³/mol. The van der Waals surface area contributed by atoms with Crippen LogP contribution in [0.25, 0.3) is 0 Å². The summed E-state index contributed by atoms with van der Waals surface area (Å²) in [7, 11) is 0. The minimum atomic E-state index is -0.200. The standard InChI is InChI=1S/C7H11N3OS/c1-4-9-10-7(12-4)8-5-2-3-6(5)11/h5-6,11H,2-3H2,1H3,(H,8,10)/t5-,6-/m1/s1. The zero-order chi connectivity index (χ0) is 8.55. The predicted octanol–water partition coefficient (Wildman–Crippen LogP) is 0.782. The van der Waals surface area contributed by atoms with E-state index in [4.69, 9.17) is 0 Å². The summed E-state index contributed by atoms with van der Waals surface area (Å²) in [5, 5.41) is 22.0. The van der Waals surface area contributed by atoms with E-state index in [0.29, 0.717) is 0 Å². The molecule has 2 N–H and O–H groups in total. The molecule has 0 unspecified atom stereocenters. The first-order valence-electron chi connectivity index (χ1n) is 4.00. The Morgan fingerprint density at radius 3 is 2.75 bits per heavy atom. The number of aliphatic hydroxyl groups is 1. The lowest BCUT2D eigenvalue weighted by Gasteiger charge is -2.32. The number of anilines is 1. The molecular formula is C7H11N3OS. The van der Waals surface area contributed by atoms with Crippen LogP contribution in [-0.4, -0.2) is 27.4 Å². The van der Waals surface area contributed by atoms with Crippen LogP contribution >= 0.6 is 11.3 Å². The molecule has 0 amide bonds. The summed E-state index contributed by atoms with van der Waals surface area (Å²) in [6.07, 6.45) is 1.73. The molecule has 0 saturated heterocycles. The average Bonchev–Trinajstić information content (AvgIpc) is 2.44. The molecule has 2 rings (SSSR count). The van der Waals surface area contributed by atoms with Crippen molar-refractivity contribution in [3.8, 4) is 0 Å². The molecule has 0 aromatic carbocycles. The topological polar surface area (TPSA) is 58.0 Å². The molecule has 2 atom stereocenters. The van der Waals surface area contributed by atoms with Crippen LogP contribution in [0.15, 0.2) is 0 Å². The number of aromatic nitrogens is 2.